The van der Waals surface area contributed by atoms with Crippen molar-refractivity contribution in [3.05, 3.63) is 35.9 Å². The zero-order chi connectivity index (χ0) is 14.3. The van der Waals surface area contributed by atoms with Crippen LogP contribution in [0.3, 0.4) is 0 Å². The Balaban J connectivity index is 2.64. The maximum absolute atomic E-state index is 11.8. The molecule has 1 amide bonds. The van der Waals surface area contributed by atoms with Crippen molar-refractivity contribution in [3.8, 4) is 0 Å². The van der Waals surface area contributed by atoms with Crippen molar-refractivity contribution >= 4 is 11.9 Å². The number of hydrogen-bond donors (Lipinski definition) is 3. The Morgan fingerprint density at radius 2 is 1.95 bits per heavy atom. The minimum atomic E-state index is -1.16. The Morgan fingerprint density at radius 3 is 2.47 bits per heavy atom. The van der Waals surface area contributed by atoms with E-state index in [2.05, 4.69) is 5.32 Å². The monoisotopic (exact) mass is 264 g/mol. The Bertz CT molecular complexity index is 420. The van der Waals surface area contributed by atoms with Crippen LogP contribution in [0.2, 0.25) is 0 Å². The molecule has 0 saturated heterocycles. The van der Waals surface area contributed by atoms with Gasteiger partial charge < -0.3 is 16.2 Å². The Kier molecular flexibility index (Phi) is 6.02. The van der Waals surface area contributed by atoms with Gasteiger partial charge in [0.2, 0.25) is 5.91 Å². The molecule has 0 aliphatic heterocycles. The van der Waals surface area contributed by atoms with Gasteiger partial charge in [0.05, 0.1) is 12.5 Å². The van der Waals surface area contributed by atoms with Crippen molar-refractivity contribution in [2.24, 2.45) is 5.73 Å². The number of carbonyl (C=O) groups is 2. The Morgan fingerprint density at radius 1 is 1.32 bits per heavy atom. The van der Waals surface area contributed by atoms with Crippen molar-refractivity contribution in [1.82, 2.24) is 5.32 Å². The van der Waals surface area contributed by atoms with Gasteiger partial charge in [-0.15, -0.1) is 0 Å². The molecule has 0 aliphatic rings. The largest absolute Gasteiger partial charge is 0.480 e. The molecule has 0 bridgehead atoms. The van der Waals surface area contributed by atoms with Gasteiger partial charge in [0.15, 0.2) is 0 Å². The summed E-state index contributed by atoms with van der Waals surface area (Å²) in [5.74, 6) is -1.50. The molecule has 104 valence electrons. The minimum absolute atomic E-state index is 0.0975. The SMILES string of the molecule is CCCC(NC(=O)C[C@H](N)C(=O)O)c1ccccc1. The fourth-order valence-electron chi connectivity index (χ4n) is 1.84. The van der Waals surface area contributed by atoms with Gasteiger partial charge in [0.1, 0.15) is 6.04 Å². The molecule has 4 N–H and O–H groups in total. The van der Waals surface area contributed by atoms with Gasteiger partial charge in [-0.05, 0) is 12.0 Å². The molecule has 0 aromatic heterocycles. The summed E-state index contributed by atoms with van der Waals surface area (Å²) in [5.41, 5.74) is 6.36. The first-order chi connectivity index (χ1) is 9.04. The van der Waals surface area contributed by atoms with E-state index >= 15 is 0 Å². The molecule has 0 fully saturated rings. The van der Waals surface area contributed by atoms with Gasteiger partial charge in [-0.25, -0.2) is 0 Å². The second kappa shape index (κ2) is 7.53. The normalized spacial score (nSPS) is 13.6. The van der Waals surface area contributed by atoms with Gasteiger partial charge in [-0.2, -0.15) is 0 Å². The number of rotatable bonds is 7. The molecule has 0 saturated carbocycles. The number of carboxylic acids is 1. The number of benzene rings is 1. The highest BCUT2D eigenvalue weighted by molar-refractivity contribution is 5.84. The predicted molar refractivity (Wildman–Crippen MR) is 72.5 cm³/mol. The summed E-state index contributed by atoms with van der Waals surface area (Å²) in [4.78, 5) is 22.4. The lowest BCUT2D eigenvalue weighted by atomic mass is 10.0. The number of aliphatic carboxylic acids is 1. The third-order valence-corrected chi connectivity index (χ3v) is 2.84. The maximum atomic E-state index is 11.8. The topological polar surface area (TPSA) is 92.4 Å². The van der Waals surface area contributed by atoms with Gasteiger partial charge in [0.25, 0.3) is 0 Å². The van der Waals surface area contributed by atoms with E-state index < -0.39 is 12.0 Å². The summed E-state index contributed by atoms with van der Waals surface area (Å²) in [7, 11) is 0. The van der Waals surface area contributed by atoms with Crippen LogP contribution in [0, 0.1) is 0 Å². The zero-order valence-corrected chi connectivity index (χ0v) is 11.0. The Labute approximate surface area is 112 Å². The molecule has 0 heterocycles. The van der Waals surface area contributed by atoms with E-state index in [1.807, 2.05) is 37.3 Å². The molecule has 1 aromatic carbocycles. The van der Waals surface area contributed by atoms with Crippen LogP contribution in [0.1, 0.15) is 37.8 Å². The van der Waals surface area contributed by atoms with Crippen LogP contribution in [0.15, 0.2) is 30.3 Å². The van der Waals surface area contributed by atoms with Crippen LogP contribution in [-0.2, 0) is 9.59 Å². The van der Waals surface area contributed by atoms with Crippen molar-refractivity contribution in [3.63, 3.8) is 0 Å². The highest BCUT2D eigenvalue weighted by atomic mass is 16.4. The molecular formula is C14H20N2O3. The molecule has 1 rings (SSSR count). The van der Waals surface area contributed by atoms with Crippen molar-refractivity contribution in [1.29, 1.82) is 0 Å². The van der Waals surface area contributed by atoms with Crippen LogP contribution in [0.4, 0.5) is 0 Å². The average molecular weight is 264 g/mol. The maximum Gasteiger partial charge on any atom is 0.321 e. The molecule has 1 unspecified atom stereocenters. The molecule has 2 atom stereocenters. The second-order valence-electron chi connectivity index (χ2n) is 4.47. The quantitative estimate of drug-likeness (QED) is 0.695. The summed E-state index contributed by atoms with van der Waals surface area (Å²) < 4.78 is 0. The lowest BCUT2D eigenvalue weighted by molar-refractivity contribution is -0.140. The average Bonchev–Trinajstić information content (AvgIpc) is 2.39. The summed E-state index contributed by atoms with van der Waals surface area (Å²) in [5, 5.41) is 11.5. The molecule has 0 aliphatic carbocycles. The number of nitrogens with two attached hydrogens (primary N) is 1. The van der Waals surface area contributed by atoms with Crippen LogP contribution < -0.4 is 11.1 Å². The first-order valence-electron chi connectivity index (χ1n) is 6.37. The smallest absolute Gasteiger partial charge is 0.321 e. The third-order valence-electron chi connectivity index (χ3n) is 2.84. The third kappa shape index (κ3) is 5.09. The highest BCUT2D eigenvalue weighted by Gasteiger charge is 2.19. The van der Waals surface area contributed by atoms with E-state index in [1.165, 1.54) is 0 Å². The minimum Gasteiger partial charge on any atom is -0.480 e. The predicted octanol–water partition coefficient (Wildman–Crippen LogP) is 1.45. The fourth-order valence-corrected chi connectivity index (χ4v) is 1.84. The second-order valence-corrected chi connectivity index (χ2v) is 4.47. The van der Waals surface area contributed by atoms with Gasteiger partial charge in [-0.3, -0.25) is 9.59 Å². The molecule has 0 radical (unpaired) electrons. The molecule has 19 heavy (non-hydrogen) atoms. The van der Waals surface area contributed by atoms with Crippen LogP contribution >= 0.6 is 0 Å². The lowest BCUT2D eigenvalue weighted by Crippen LogP contribution is -2.38. The van der Waals surface area contributed by atoms with E-state index in [0.29, 0.717) is 0 Å². The standard InChI is InChI=1S/C14H20N2O3/c1-2-6-12(10-7-4-3-5-8-10)16-13(17)9-11(15)14(18)19/h3-5,7-8,11-12H,2,6,9,15H2,1H3,(H,16,17)(H,18,19)/t11-,12?/m0/s1. The number of carbonyl (C=O) groups excluding carboxylic acids is 1. The molecule has 1 aromatic rings. The molecular weight excluding hydrogens is 244 g/mol. The molecule has 5 nitrogen and oxygen atoms in total. The number of carboxylic acid groups (broad SMARTS) is 1. The van der Waals surface area contributed by atoms with Crippen molar-refractivity contribution in [2.45, 2.75) is 38.3 Å². The van der Waals surface area contributed by atoms with Crippen LogP contribution in [0.5, 0.6) is 0 Å². The van der Waals surface area contributed by atoms with E-state index in [1.54, 1.807) is 0 Å². The summed E-state index contributed by atoms with van der Waals surface area (Å²) >= 11 is 0. The van der Waals surface area contributed by atoms with E-state index in [0.717, 1.165) is 18.4 Å². The van der Waals surface area contributed by atoms with Gasteiger partial charge >= 0.3 is 5.97 Å². The van der Waals surface area contributed by atoms with Gasteiger partial charge in [-0.1, -0.05) is 43.7 Å². The molecule has 0 spiro atoms. The Hall–Kier alpha value is -1.88. The van der Waals surface area contributed by atoms with E-state index in [-0.39, 0.29) is 18.4 Å². The zero-order valence-electron chi connectivity index (χ0n) is 11.0. The summed E-state index contributed by atoms with van der Waals surface area (Å²) in [6, 6.07) is 8.36. The lowest BCUT2D eigenvalue weighted by Gasteiger charge is -2.19. The molecule has 5 heteroatoms. The first kappa shape index (κ1) is 15.2. The summed E-state index contributed by atoms with van der Waals surface area (Å²) in [6.45, 7) is 2.03. The van der Waals surface area contributed by atoms with E-state index in [4.69, 9.17) is 10.8 Å². The summed E-state index contributed by atoms with van der Waals surface area (Å²) in [6.07, 6.45) is 1.52. The van der Waals surface area contributed by atoms with Crippen molar-refractivity contribution < 1.29 is 14.7 Å². The number of nitrogens with one attached hydrogen (secondary N) is 1. The first-order valence-corrected chi connectivity index (χ1v) is 6.37. The van der Waals surface area contributed by atoms with Gasteiger partial charge in [0, 0.05) is 0 Å². The highest BCUT2D eigenvalue weighted by Crippen LogP contribution is 2.18. The fraction of sp³-hybridized carbons (Fsp3) is 0.429. The van der Waals surface area contributed by atoms with Crippen LogP contribution in [-0.4, -0.2) is 23.0 Å². The number of amides is 1. The number of hydrogen-bond acceptors (Lipinski definition) is 3. The van der Waals surface area contributed by atoms with Crippen LogP contribution in [0.25, 0.3) is 0 Å². The van der Waals surface area contributed by atoms with Crippen molar-refractivity contribution in [2.75, 3.05) is 0 Å². The van der Waals surface area contributed by atoms with E-state index in [9.17, 15) is 9.59 Å².